The standard InChI is InChI=1S/C22H21N3O3/c1-16-5-3-6-18(13-16)15-25-12-4-7-20(22(25)27)21(26)24-23-14-17-8-10-19(28-2)11-9-17/h3-14H,15H2,1-2H3,(H,24,26)/b23-14-. The number of rotatable bonds is 6. The molecule has 28 heavy (non-hydrogen) atoms. The largest absolute Gasteiger partial charge is 0.497 e. The first kappa shape index (κ1) is 19.1. The lowest BCUT2D eigenvalue weighted by Crippen LogP contribution is -2.30. The quantitative estimate of drug-likeness (QED) is 0.532. The zero-order valence-electron chi connectivity index (χ0n) is 15.8. The summed E-state index contributed by atoms with van der Waals surface area (Å²) >= 11 is 0. The summed E-state index contributed by atoms with van der Waals surface area (Å²) in [5, 5.41) is 3.93. The van der Waals surface area contributed by atoms with Gasteiger partial charge in [0.2, 0.25) is 0 Å². The van der Waals surface area contributed by atoms with Gasteiger partial charge in [0, 0.05) is 6.20 Å². The number of ether oxygens (including phenoxy) is 1. The van der Waals surface area contributed by atoms with Crippen molar-refractivity contribution in [1.82, 2.24) is 9.99 Å². The number of hydrazone groups is 1. The van der Waals surface area contributed by atoms with Crippen LogP contribution in [-0.4, -0.2) is 23.8 Å². The minimum absolute atomic E-state index is 0.0435. The van der Waals surface area contributed by atoms with Crippen LogP contribution >= 0.6 is 0 Å². The molecule has 0 spiro atoms. The van der Waals surface area contributed by atoms with E-state index in [1.165, 1.54) is 16.8 Å². The molecule has 1 amide bonds. The first-order chi connectivity index (χ1) is 13.6. The number of pyridine rings is 1. The van der Waals surface area contributed by atoms with Crippen LogP contribution in [0.15, 0.2) is 76.8 Å². The van der Waals surface area contributed by atoms with Crippen LogP contribution in [0, 0.1) is 6.92 Å². The third kappa shape index (κ3) is 4.73. The third-order valence-corrected chi connectivity index (χ3v) is 4.20. The molecular formula is C22H21N3O3. The van der Waals surface area contributed by atoms with Gasteiger partial charge in [-0.15, -0.1) is 0 Å². The summed E-state index contributed by atoms with van der Waals surface area (Å²) in [4.78, 5) is 25.0. The number of aromatic nitrogens is 1. The van der Waals surface area contributed by atoms with Crippen LogP contribution in [0.4, 0.5) is 0 Å². The second-order valence-electron chi connectivity index (χ2n) is 6.32. The molecule has 0 aliphatic carbocycles. The number of nitrogens with one attached hydrogen (secondary N) is 1. The highest BCUT2D eigenvalue weighted by molar-refractivity contribution is 5.94. The Morgan fingerprint density at radius 1 is 1.14 bits per heavy atom. The van der Waals surface area contributed by atoms with Gasteiger partial charge in [-0.25, -0.2) is 5.43 Å². The van der Waals surface area contributed by atoms with Gasteiger partial charge < -0.3 is 9.30 Å². The zero-order chi connectivity index (χ0) is 19.9. The molecule has 1 heterocycles. The fourth-order valence-electron chi connectivity index (χ4n) is 2.76. The summed E-state index contributed by atoms with van der Waals surface area (Å²) in [7, 11) is 1.59. The highest BCUT2D eigenvalue weighted by Gasteiger charge is 2.11. The van der Waals surface area contributed by atoms with Gasteiger partial charge in [-0.3, -0.25) is 9.59 Å². The second kappa shape index (κ2) is 8.81. The van der Waals surface area contributed by atoms with E-state index >= 15 is 0 Å². The molecule has 0 radical (unpaired) electrons. The van der Waals surface area contributed by atoms with Gasteiger partial charge in [0.15, 0.2) is 0 Å². The van der Waals surface area contributed by atoms with Gasteiger partial charge in [-0.1, -0.05) is 29.8 Å². The van der Waals surface area contributed by atoms with Crippen LogP contribution in [-0.2, 0) is 6.54 Å². The predicted molar refractivity (Wildman–Crippen MR) is 109 cm³/mol. The number of nitrogens with zero attached hydrogens (tertiary/aromatic N) is 2. The van der Waals surface area contributed by atoms with Crippen molar-refractivity contribution < 1.29 is 9.53 Å². The van der Waals surface area contributed by atoms with E-state index in [9.17, 15) is 9.59 Å². The Balaban J connectivity index is 1.71. The van der Waals surface area contributed by atoms with Gasteiger partial charge in [-0.05, 0) is 54.4 Å². The molecule has 3 rings (SSSR count). The summed E-state index contributed by atoms with van der Waals surface area (Å²) in [5.41, 5.74) is 5.00. The molecule has 0 aliphatic heterocycles. The van der Waals surface area contributed by atoms with Crippen LogP contribution in [0.3, 0.4) is 0 Å². The molecule has 0 saturated heterocycles. The Morgan fingerprint density at radius 2 is 1.93 bits per heavy atom. The smallest absolute Gasteiger partial charge is 0.276 e. The molecule has 3 aromatic rings. The van der Waals surface area contributed by atoms with Crippen LogP contribution < -0.4 is 15.7 Å². The van der Waals surface area contributed by atoms with Gasteiger partial charge in [0.05, 0.1) is 19.9 Å². The number of benzene rings is 2. The molecule has 6 nitrogen and oxygen atoms in total. The van der Waals surface area contributed by atoms with E-state index in [0.717, 1.165) is 22.4 Å². The first-order valence-corrected chi connectivity index (χ1v) is 8.79. The van der Waals surface area contributed by atoms with Crippen molar-refractivity contribution in [2.45, 2.75) is 13.5 Å². The SMILES string of the molecule is COc1ccc(/C=N\NC(=O)c2cccn(Cc3cccc(C)c3)c2=O)cc1. The minimum atomic E-state index is -0.548. The lowest BCUT2D eigenvalue weighted by molar-refractivity contribution is 0.0953. The Morgan fingerprint density at radius 3 is 2.64 bits per heavy atom. The molecule has 2 aromatic carbocycles. The third-order valence-electron chi connectivity index (χ3n) is 4.20. The normalized spacial score (nSPS) is 10.8. The minimum Gasteiger partial charge on any atom is -0.497 e. The van der Waals surface area contributed by atoms with E-state index in [4.69, 9.17) is 4.74 Å². The van der Waals surface area contributed by atoms with Gasteiger partial charge in [0.25, 0.3) is 11.5 Å². The van der Waals surface area contributed by atoms with E-state index in [0.29, 0.717) is 6.54 Å². The maximum atomic E-state index is 12.6. The van der Waals surface area contributed by atoms with Crippen LogP contribution in [0.25, 0.3) is 0 Å². The molecular weight excluding hydrogens is 354 g/mol. The van der Waals surface area contributed by atoms with Crippen molar-refractivity contribution in [1.29, 1.82) is 0 Å². The highest BCUT2D eigenvalue weighted by Crippen LogP contribution is 2.09. The molecule has 0 atom stereocenters. The number of hydrogen-bond donors (Lipinski definition) is 1. The molecule has 0 saturated carbocycles. The zero-order valence-corrected chi connectivity index (χ0v) is 15.8. The van der Waals surface area contributed by atoms with Gasteiger partial charge in [0.1, 0.15) is 11.3 Å². The summed E-state index contributed by atoms with van der Waals surface area (Å²) in [6.07, 6.45) is 3.17. The summed E-state index contributed by atoms with van der Waals surface area (Å²) in [6, 6.07) is 18.3. The lowest BCUT2D eigenvalue weighted by atomic mass is 10.1. The number of carbonyl (C=O) groups excluding carboxylic acids is 1. The van der Waals surface area contributed by atoms with Crippen molar-refractivity contribution >= 4 is 12.1 Å². The number of methoxy groups -OCH3 is 1. The summed E-state index contributed by atoms with van der Waals surface area (Å²) < 4.78 is 6.60. The van der Waals surface area contributed by atoms with E-state index < -0.39 is 5.91 Å². The number of aryl methyl sites for hydroxylation is 1. The Hall–Kier alpha value is -3.67. The van der Waals surface area contributed by atoms with Crippen LogP contribution in [0.1, 0.15) is 27.0 Å². The van der Waals surface area contributed by atoms with E-state index in [1.807, 2.05) is 43.3 Å². The van der Waals surface area contributed by atoms with Crippen molar-refractivity contribution in [2.75, 3.05) is 7.11 Å². The average Bonchev–Trinajstić information content (AvgIpc) is 2.70. The Kier molecular flexibility index (Phi) is 6.01. The number of carbonyl (C=O) groups is 1. The van der Waals surface area contributed by atoms with Crippen LogP contribution in [0.2, 0.25) is 0 Å². The lowest BCUT2D eigenvalue weighted by Gasteiger charge is -2.08. The van der Waals surface area contributed by atoms with Crippen molar-refractivity contribution in [3.05, 3.63) is 99.5 Å². The predicted octanol–water partition coefficient (Wildman–Crippen LogP) is 2.98. The first-order valence-electron chi connectivity index (χ1n) is 8.79. The van der Waals surface area contributed by atoms with Crippen molar-refractivity contribution in [3.63, 3.8) is 0 Å². The molecule has 0 fully saturated rings. The maximum Gasteiger partial charge on any atom is 0.276 e. The molecule has 0 bridgehead atoms. The topological polar surface area (TPSA) is 72.7 Å². The fourth-order valence-corrected chi connectivity index (χ4v) is 2.76. The van der Waals surface area contributed by atoms with E-state index in [1.54, 1.807) is 31.5 Å². The average molecular weight is 375 g/mol. The molecule has 0 unspecified atom stereocenters. The summed E-state index contributed by atoms with van der Waals surface area (Å²) in [6.45, 7) is 2.40. The van der Waals surface area contributed by atoms with Crippen molar-refractivity contribution in [3.8, 4) is 5.75 Å². The van der Waals surface area contributed by atoms with Crippen LogP contribution in [0.5, 0.6) is 5.75 Å². The molecule has 6 heteroatoms. The fraction of sp³-hybridized carbons (Fsp3) is 0.136. The molecule has 142 valence electrons. The number of hydrogen-bond acceptors (Lipinski definition) is 4. The van der Waals surface area contributed by atoms with Gasteiger partial charge in [-0.2, -0.15) is 5.10 Å². The Labute approximate surface area is 163 Å². The molecule has 1 aromatic heterocycles. The Bertz CT molecular complexity index is 1050. The molecule has 0 aliphatic rings. The maximum absolute atomic E-state index is 12.6. The second-order valence-corrected chi connectivity index (χ2v) is 6.32. The van der Waals surface area contributed by atoms with E-state index in [2.05, 4.69) is 10.5 Å². The summed E-state index contributed by atoms with van der Waals surface area (Å²) in [5.74, 6) is 0.188. The van der Waals surface area contributed by atoms with E-state index in [-0.39, 0.29) is 11.1 Å². The monoisotopic (exact) mass is 375 g/mol. The number of amides is 1. The highest BCUT2D eigenvalue weighted by atomic mass is 16.5. The molecule has 1 N–H and O–H groups in total. The van der Waals surface area contributed by atoms with Crippen molar-refractivity contribution in [2.24, 2.45) is 5.10 Å². The van der Waals surface area contributed by atoms with Gasteiger partial charge >= 0.3 is 0 Å².